The Labute approximate surface area is 143 Å². The lowest BCUT2D eigenvalue weighted by atomic mass is 10.2. The highest BCUT2D eigenvalue weighted by atomic mass is 35.5. The van der Waals surface area contributed by atoms with Gasteiger partial charge in [0, 0.05) is 10.7 Å². The largest absolute Gasteiger partial charge is 0.507 e. The van der Waals surface area contributed by atoms with E-state index in [9.17, 15) is 9.90 Å². The van der Waals surface area contributed by atoms with Gasteiger partial charge in [-0.1, -0.05) is 11.6 Å². The third-order valence-corrected chi connectivity index (χ3v) is 3.28. The first-order chi connectivity index (χ1) is 11.0. The number of phenolic OH excluding ortho intramolecular Hbond substituents is 1. The Hall–Kier alpha value is -2.51. The Morgan fingerprint density at radius 3 is 2.52 bits per heavy atom. The van der Waals surface area contributed by atoms with Crippen LogP contribution in [-0.2, 0) is 0 Å². The van der Waals surface area contributed by atoms with Gasteiger partial charge in [0.05, 0.1) is 12.7 Å². The molecule has 0 aromatic heterocycles. The second-order valence-electron chi connectivity index (χ2n) is 4.42. The summed E-state index contributed by atoms with van der Waals surface area (Å²) in [6, 6.07) is 11.3. The highest BCUT2D eigenvalue weighted by Crippen LogP contribution is 2.21. The van der Waals surface area contributed by atoms with Crippen LogP contribution in [0.25, 0.3) is 0 Å². The number of nitrogens with one attached hydrogen (secondary N) is 3. The molecule has 0 heterocycles. The number of methoxy groups -OCH3 is 1. The molecule has 0 fully saturated rings. The number of benzene rings is 2. The van der Waals surface area contributed by atoms with Crippen molar-refractivity contribution in [3.05, 3.63) is 53.1 Å². The number of anilines is 1. The van der Waals surface area contributed by atoms with E-state index in [1.165, 1.54) is 18.2 Å². The van der Waals surface area contributed by atoms with Gasteiger partial charge in [-0.05, 0) is 54.7 Å². The van der Waals surface area contributed by atoms with Crippen molar-refractivity contribution in [1.29, 1.82) is 0 Å². The smallest absolute Gasteiger partial charge is 0.273 e. The number of halogens is 1. The number of phenols is 1. The molecule has 23 heavy (non-hydrogen) atoms. The maximum atomic E-state index is 12.0. The van der Waals surface area contributed by atoms with Crippen molar-refractivity contribution in [3.63, 3.8) is 0 Å². The summed E-state index contributed by atoms with van der Waals surface area (Å²) in [5, 5.41) is 13.1. The maximum Gasteiger partial charge on any atom is 0.273 e. The third-order valence-electron chi connectivity index (χ3n) is 2.84. The van der Waals surface area contributed by atoms with E-state index in [-0.39, 0.29) is 16.4 Å². The average molecular weight is 352 g/mol. The van der Waals surface area contributed by atoms with Crippen molar-refractivity contribution in [2.24, 2.45) is 0 Å². The third kappa shape index (κ3) is 4.73. The minimum Gasteiger partial charge on any atom is -0.507 e. The molecule has 2 aromatic rings. The first-order valence-electron chi connectivity index (χ1n) is 6.49. The quantitative estimate of drug-likeness (QED) is 0.503. The number of carbonyl (C=O) groups is 1. The number of amides is 1. The zero-order valence-electron chi connectivity index (χ0n) is 12.1. The number of rotatable bonds is 3. The van der Waals surface area contributed by atoms with E-state index in [2.05, 4.69) is 16.2 Å². The fourth-order valence-electron chi connectivity index (χ4n) is 1.71. The number of aromatic hydroxyl groups is 1. The zero-order valence-corrected chi connectivity index (χ0v) is 13.7. The lowest BCUT2D eigenvalue weighted by molar-refractivity contribution is 0.0941. The first kappa shape index (κ1) is 16.9. The molecule has 2 aromatic carbocycles. The van der Waals surface area contributed by atoms with Gasteiger partial charge in [-0.2, -0.15) is 0 Å². The van der Waals surface area contributed by atoms with E-state index in [0.29, 0.717) is 5.02 Å². The fourth-order valence-corrected chi connectivity index (χ4v) is 2.05. The topological polar surface area (TPSA) is 82.6 Å². The maximum absolute atomic E-state index is 12.0. The van der Waals surface area contributed by atoms with Gasteiger partial charge >= 0.3 is 0 Å². The molecule has 2 rings (SSSR count). The second kappa shape index (κ2) is 7.66. The van der Waals surface area contributed by atoms with Crippen molar-refractivity contribution in [2.75, 3.05) is 12.4 Å². The van der Waals surface area contributed by atoms with Crippen molar-refractivity contribution >= 4 is 40.5 Å². The lowest BCUT2D eigenvalue weighted by Gasteiger charge is -2.12. The highest BCUT2D eigenvalue weighted by molar-refractivity contribution is 7.80. The van der Waals surface area contributed by atoms with Crippen LogP contribution in [0.1, 0.15) is 10.4 Å². The lowest BCUT2D eigenvalue weighted by Crippen LogP contribution is -2.43. The van der Waals surface area contributed by atoms with E-state index in [1.807, 2.05) is 0 Å². The first-order valence-corrected chi connectivity index (χ1v) is 7.28. The predicted octanol–water partition coefficient (Wildman–Crippen LogP) is 2.69. The van der Waals surface area contributed by atoms with Crippen molar-refractivity contribution in [2.45, 2.75) is 0 Å². The van der Waals surface area contributed by atoms with E-state index < -0.39 is 5.91 Å². The van der Waals surface area contributed by atoms with Gasteiger partial charge in [0.25, 0.3) is 5.91 Å². The molecular weight excluding hydrogens is 338 g/mol. The standard InChI is InChI=1S/C15H14ClN3O3S/c1-22-11-5-3-10(4-6-11)17-15(23)19-18-14(21)12-8-9(16)2-7-13(12)20/h2-8,20H,1H3,(H,18,21)(H2,17,19,23). The Balaban J connectivity index is 1.90. The summed E-state index contributed by atoms with van der Waals surface area (Å²) < 4.78 is 5.06. The fraction of sp³-hybridized carbons (Fsp3) is 0.0667. The molecule has 0 aliphatic heterocycles. The summed E-state index contributed by atoms with van der Waals surface area (Å²) in [5.41, 5.74) is 5.68. The molecule has 0 saturated carbocycles. The monoisotopic (exact) mass is 351 g/mol. The Bertz CT molecular complexity index is 722. The van der Waals surface area contributed by atoms with Crippen molar-refractivity contribution in [3.8, 4) is 11.5 Å². The normalized spacial score (nSPS) is 9.83. The summed E-state index contributed by atoms with van der Waals surface area (Å²) in [4.78, 5) is 12.0. The molecule has 0 spiro atoms. The number of ether oxygens (including phenoxy) is 1. The summed E-state index contributed by atoms with van der Waals surface area (Å²) in [6.07, 6.45) is 0. The molecule has 120 valence electrons. The van der Waals surface area contributed by atoms with Crippen LogP contribution in [0, 0.1) is 0 Å². The number of carbonyl (C=O) groups excluding carboxylic acids is 1. The van der Waals surface area contributed by atoms with Crippen molar-refractivity contribution < 1.29 is 14.6 Å². The van der Waals surface area contributed by atoms with Gasteiger partial charge in [0.1, 0.15) is 11.5 Å². The molecule has 0 atom stereocenters. The van der Waals surface area contributed by atoms with Crippen LogP contribution in [0.3, 0.4) is 0 Å². The summed E-state index contributed by atoms with van der Waals surface area (Å²) in [6.45, 7) is 0. The van der Waals surface area contributed by atoms with Gasteiger partial charge in [-0.25, -0.2) is 0 Å². The minimum atomic E-state index is -0.566. The van der Waals surface area contributed by atoms with Crippen LogP contribution in [0.4, 0.5) is 5.69 Å². The summed E-state index contributed by atoms with van der Waals surface area (Å²) >= 11 is 10.9. The van der Waals surface area contributed by atoms with Crippen LogP contribution in [-0.4, -0.2) is 23.2 Å². The number of thiocarbonyl (C=S) groups is 1. The summed E-state index contributed by atoms with van der Waals surface area (Å²) in [5.74, 6) is -0.0224. The molecule has 0 aliphatic rings. The van der Waals surface area contributed by atoms with Gasteiger partial charge < -0.3 is 15.2 Å². The van der Waals surface area contributed by atoms with Crippen LogP contribution in [0.15, 0.2) is 42.5 Å². The molecule has 0 aliphatic carbocycles. The Kier molecular flexibility index (Phi) is 5.61. The van der Waals surface area contributed by atoms with E-state index >= 15 is 0 Å². The van der Waals surface area contributed by atoms with Gasteiger partial charge in [-0.15, -0.1) is 0 Å². The van der Waals surface area contributed by atoms with Gasteiger partial charge in [0.2, 0.25) is 0 Å². The summed E-state index contributed by atoms with van der Waals surface area (Å²) in [7, 11) is 1.58. The van der Waals surface area contributed by atoms with Crippen LogP contribution < -0.4 is 20.9 Å². The number of hydrogen-bond donors (Lipinski definition) is 4. The van der Waals surface area contributed by atoms with Gasteiger partial charge in [-0.3, -0.25) is 15.6 Å². The van der Waals surface area contributed by atoms with Crippen LogP contribution in [0.5, 0.6) is 11.5 Å². The number of hydrazine groups is 1. The van der Waals surface area contributed by atoms with E-state index in [4.69, 9.17) is 28.6 Å². The van der Waals surface area contributed by atoms with Crippen LogP contribution in [0.2, 0.25) is 5.02 Å². The van der Waals surface area contributed by atoms with E-state index in [1.54, 1.807) is 31.4 Å². The van der Waals surface area contributed by atoms with Gasteiger partial charge in [0.15, 0.2) is 5.11 Å². The number of hydrogen-bond acceptors (Lipinski definition) is 4. The molecule has 4 N–H and O–H groups in total. The molecule has 0 unspecified atom stereocenters. The molecule has 6 nitrogen and oxygen atoms in total. The minimum absolute atomic E-state index is 0.0391. The van der Waals surface area contributed by atoms with Crippen LogP contribution >= 0.6 is 23.8 Å². The molecule has 0 saturated heterocycles. The Morgan fingerprint density at radius 1 is 1.17 bits per heavy atom. The molecule has 8 heteroatoms. The molecule has 0 radical (unpaired) electrons. The van der Waals surface area contributed by atoms with Crippen molar-refractivity contribution in [1.82, 2.24) is 10.9 Å². The second-order valence-corrected chi connectivity index (χ2v) is 5.27. The molecule has 1 amide bonds. The SMILES string of the molecule is COc1ccc(NC(=S)NNC(=O)c2cc(Cl)ccc2O)cc1. The average Bonchev–Trinajstić information content (AvgIpc) is 2.55. The van der Waals surface area contributed by atoms with E-state index in [0.717, 1.165) is 11.4 Å². The zero-order chi connectivity index (χ0) is 16.8. The predicted molar refractivity (Wildman–Crippen MR) is 92.9 cm³/mol. The Morgan fingerprint density at radius 2 is 1.87 bits per heavy atom. The highest BCUT2D eigenvalue weighted by Gasteiger charge is 2.11. The molecular formula is C15H14ClN3O3S. The molecule has 0 bridgehead atoms.